The van der Waals surface area contributed by atoms with E-state index in [0.717, 1.165) is 47.7 Å². The molecule has 4 nitrogen and oxygen atoms in total. The van der Waals surface area contributed by atoms with Gasteiger partial charge in [-0.3, -0.25) is 4.79 Å². The van der Waals surface area contributed by atoms with Gasteiger partial charge in [-0.05, 0) is 50.5 Å². The first-order valence-corrected chi connectivity index (χ1v) is 10.6. The molecule has 0 unspecified atom stereocenters. The number of amides is 1. The third-order valence-corrected chi connectivity index (χ3v) is 6.20. The van der Waals surface area contributed by atoms with Crippen molar-refractivity contribution in [3.8, 4) is 11.3 Å². The molecular formula is C20H27N3OS2. The second kappa shape index (κ2) is 8.93. The smallest absolute Gasteiger partial charge is 0.240 e. The number of nitrogens with zero attached hydrogens (tertiary/aromatic N) is 2. The number of rotatable bonds is 6. The van der Waals surface area contributed by atoms with Crippen molar-refractivity contribution in [1.29, 1.82) is 0 Å². The molecule has 140 valence electrons. The number of benzene rings is 1. The molecule has 0 bridgehead atoms. The van der Waals surface area contributed by atoms with Crippen LogP contribution < -0.4 is 5.32 Å². The van der Waals surface area contributed by atoms with Crippen molar-refractivity contribution in [2.24, 2.45) is 0 Å². The molecular weight excluding hydrogens is 362 g/mol. The Hall–Kier alpha value is -1.50. The van der Waals surface area contributed by atoms with Crippen LogP contribution in [0.15, 0.2) is 29.6 Å². The number of aryl methyl sites for hydroxylation is 1. The van der Waals surface area contributed by atoms with E-state index < -0.39 is 0 Å². The highest BCUT2D eigenvalue weighted by atomic mass is 32.1. The molecule has 0 atom stereocenters. The minimum atomic E-state index is 0.0572. The molecule has 0 saturated carbocycles. The minimum absolute atomic E-state index is 0.0572. The van der Waals surface area contributed by atoms with E-state index in [1.165, 1.54) is 23.3 Å². The average molecular weight is 390 g/mol. The first kappa shape index (κ1) is 19.3. The van der Waals surface area contributed by atoms with E-state index in [1.807, 2.05) is 9.95 Å². The molecule has 1 aliphatic heterocycles. The summed E-state index contributed by atoms with van der Waals surface area (Å²) in [5.74, 6) is 0.0572. The molecule has 1 aliphatic rings. The number of carbonyl (C=O) groups excluding carboxylic acids is 1. The van der Waals surface area contributed by atoms with Gasteiger partial charge in [0.05, 0.1) is 5.69 Å². The van der Waals surface area contributed by atoms with E-state index in [2.05, 4.69) is 48.3 Å². The van der Waals surface area contributed by atoms with Crippen LogP contribution in [0.5, 0.6) is 0 Å². The van der Waals surface area contributed by atoms with Crippen molar-refractivity contribution in [1.82, 2.24) is 14.8 Å². The molecule has 1 N–H and O–H groups in total. The lowest BCUT2D eigenvalue weighted by atomic mass is 10.0. The van der Waals surface area contributed by atoms with Gasteiger partial charge in [-0.15, -0.1) is 11.3 Å². The summed E-state index contributed by atoms with van der Waals surface area (Å²) in [5, 5.41) is 5.25. The molecule has 6 heteroatoms. The molecule has 1 fully saturated rings. The SMILES string of the molecule is CCCN1CCC(NC(=O)Cn2c(-c3ccc(C)cc3)csc2=S)CC1. The average Bonchev–Trinajstić information content (AvgIpc) is 2.98. The Kier molecular flexibility index (Phi) is 6.62. The van der Waals surface area contributed by atoms with Gasteiger partial charge in [-0.25, -0.2) is 0 Å². The fourth-order valence-corrected chi connectivity index (χ4v) is 4.54. The van der Waals surface area contributed by atoms with Crippen molar-refractivity contribution in [3.05, 3.63) is 39.2 Å². The van der Waals surface area contributed by atoms with Gasteiger partial charge in [0.15, 0.2) is 3.95 Å². The normalized spacial score (nSPS) is 15.9. The molecule has 1 aromatic carbocycles. The third kappa shape index (κ3) is 4.81. The van der Waals surface area contributed by atoms with Gasteiger partial charge in [0.2, 0.25) is 5.91 Å². The third-order valence-electron chi connectivity index (χ3n) is 4.92. The van der Waals surface area contributed by atoms with Crippen molar-refractivity contribution < 1.29 is 4.79 Å². The Labute approximate surface area is 164 Å². The quantitative estimate of drug-likeness (QED) is 0.751. The zero-order valence-electron chi connectivity index (χ0n) is 15.5. The predicted octanol–water partition coefficient (Wildman–Crippen LogP) is 4.25. The lowest BCUT2D eigenvalue weighted by molar-refractivity contribution is -0.122. The molecule has 3 rings (SSSR count). The van der Waals surface area contributed by atoms with Crippen LogP contribution in [0.4, 0.5) is 0 Å². The standard InChI is InChI=1S/C20H27N3OS2/c1-3-10-22-11-8-17(9-12-22)21-19(24)13-23-18(14-26-20(23)25)16-6-4-15(2)5-7-16/h4-7,14,17H,3,8-13H2,1-2H3,(H,21,24). The van der Waals surface area contributed by atoms with Gasteiger partial charge in [-0.2, -0.15) is 0 Å². The Balaban J connectivity index is 1.62. The van der Waals surface area contributed by atoms with Crippen LogP contribution in [0.1, 0.15) is 31.7 Å². The number of piperidine rings is 1. The number of carbonyl (C=O) groups is 1. The minimum Gasteiger partial charge on any atom is -0.352 e. The number of aromatic nitrogens is 1. The fraction of sp³-hybridized carbons (Fsp3) is 0.500. The van der Waals surface area contributed by atoms with Crippen LogP contribution in [0.3, 0.4) is 0 Å². The molecule has 26 heavy (non-hydrogen) atoms. The van der Waals surface area contributed by atoms with Gasteiger partial charge in [0.1, 0.15) is 6.54 Å². The summed E-state index contributed by atoms with van der Waals surface area (Å²) in [5.41, 5.74) is 3.35. The number of nitrogens with one attached hydrogen (secondary N) is 1. The molecule has 1 amide bonds. The highest BCUT2D eigenvalue weighted by molar-refractivity contribution is 7.73. The summed E-state index contributed by atoms with van der Waals surface area (Å²) in [6, 6.07) is 8.63. The molecule has 0 aliphatic carbocycles. The van der Waals surface area contributed by atoms with E-state index in [-0.39, 0.29) is 11.9 Å². The zero-order valence-corrected chi connectivity index (χ0v) is 17.2. The highest BCUT2D eigenvalue weighted by Crippen LogP contribution is 2.24. The van der Waals surface area contributed by atoms with Gasteiger partial charge < -0.3 is 14.8 Å². The van der Waals surface area contributed by atoms with Gasteiger partial charge >= 0.3 is 0 Å². The van der Waals surface area contributed by atoms with Gasteiger partial charge in [0, 0.05) is 24.5 Å². The van der Waals surface area contributed by atoms with Gasteiger partial charge in [-0.1, -0.05) is 36.8 Å². The second-order valence-electron chi connectivity index (χ2n) is 7.02. The maximum Gasteiger partial charge on any atom is 0.240 e. The largest absolute Gasteiger partial charge is 0.352 e. The summed E-state index contributed by atoms with van der Waals surface area (Å²) >= 11 is 6.98. The number of thiazole rings is 1. The van der Waals surface area contributed by atoms with E-state index in [9.17, 15) is 4.79 Å². The van der Waals surface area contributed by atoms with E-state index in [0.29, 0.717) is 6.54 Å². The number of hydrogen-bond acceptors (Lipinski definition) is 4. The maximum absolute atomic E-state index is 12.6. The molecule has 0 spiro atoms. The lowest BCUT2D eigenvalue weighted by Gasteiger charge is -2.32. The monoisotopic (exact) mass is 389 g/mol. The molecule has 1 saturated heterocycles. The summed E-state index contributed by atoms with van der Waals surface area (Å²) in [6.07, 6.45) is 3.26. The van der Waals surface area contributed by atoms with E-state index in [1.54, 1.807) is 0 Å². The Morgan fingerprint density at radius 2 is 1.96 bits per heavy atom. The van der Waals surface area contributed by atoms with E-state index in [4.69, 9.17) is 12.2 Å². The Morgan fingerprint density at radius 3 is 2.62 bits per heavy atom. The first-order chi connectivity index (χ1) is 12.6. The van der Waals surface area contributed by atoms with Gasteiger partial charge in [0.25, 0.3) is 0 Å². The lowest BCUT2D eigenvalue weighted by Crippen LogP contribution is -2.45. The summed E-state index contributed by atoms with van der Waals surface area (Å²) in [4.78, 5) is 15.1. The zero-order chi connectivity index (χ0) is 18.5. The van der Waals surface area contributed by atoms with Crippen LogP contribution >= 0.6 is 23.6 Å². The molecule has 1 aromatic heterocycles. The first-order valence-electron chi connectivity index (χ1n) is 9.34. The maximum atomic E-state index is 12.6. The second-order valence-corrected chi connectivity index (χ2v) is 8.53. The fourth-order valence-electron chi connectivity index (χ4n) is 3.46. The molecule has 0 radical (unpaired) electrons. The molecule has 2 heterocycles. The number of likely N-dealkylation sites (tertiary alicyclic amines) is 1. The van der Waals surface area contributed by atoms with Crippen LogP contribution in [0.2, 0.25) is 0 Å². The summed E-state index contributed by atoms with van der Waals surface area (Å²) in [7, 11) is 0. The van der Waals surface area contributed by atoms with E-state index >= 15 is 0 Å². The predicted molar refractivity (Wildman–Crippen MR) is 111 cm³/mol. The Bertz CT molecular complexity index is 786. The van der Waals surface area contributed by atoms with Crippen LogP contribution in [0.25, 0.3) is 11.3 Å². The van der Waals surface area contributed by atoms with Crippen molar-refractivity contribution >= 4 is 29.5 Å². The number of hydrogen-bond donors (Lipinski definition) is 1. The molecule has 2 aromatic rings. The Morgan fingerprint density at radius 1 is 1.27 bits per heavy atom. The highest BCUT2D eigenvalue weighted by Gasteiger charge is 2.20. The van der Waals surface area contributed by atoms with Crippen LogP contribution in [-0.4, -0.2) is 41.1 Å². The summed E-state index contributed by atoms with van der Waals surface area (Å²) < 4.78 is 2.69. The topological polar surface area (TPSA) is 37.3 Å². The van der Waals surface area contributed by atoms with Crippen molar-refractivity contribution in [2.45, 2.75) is 45.7 Å². The summed E-state index contributed by atoms with van der Waals surface area (Å²) in [6.45, 7) is 7.88. The van der Waals surface area contributed by atoms with Crippen LogP contribution in [0, 0.1) is 10.9 Å². The van der Waals surface area contributed by atoms with Crippen LogP contribution in [-0.2, 0) is 11.3 Å². The van der Waals surface area contributed by atoms with Crippen molar-refractivity contribution in [2.75, 3.05) is 19.6 Å². The van der Waals surface area contributed by atoms with Crippen molar-refractivity contribution in [3.63, 3.8) is 0 Å².